The SMILES string of the molecule is CC(C)CNC(=O)C(C)N(Cc1ccc(Cl)c(Cl)c1)C(=O)CN1C(=O)c2ccccc2S1(=O)=O. The van der Waals surface area contributed by atoms with Gasteiger partial charge in [0.2, 0.25) is 11.8 Å². The summed E-state index contributed by atoms with van der Waals surface area (Å²) < 4.78 is 26.3. The molecule has 8 nitrogen and oxygen atoms in total. The molecule has 0 aliphatic carbocycles. The van der Waals surface area contributed by atoms with Gasteiger partial charge in [0.1, 0.15) is 17.5 Å². The molecular weight excluding hydrogens is 501 g/mol. The van der Waals surface area contributed by atoms with Crippen LogP contribution in [0.3, 0.4) is 0 Å². The first-order valence-electron chi connectivity index (χ1n) is 10.6. The van der Waals surface area contributed by atoms with Crippen molar-refractivity contribution in [2.24, 2.45) is 5.92 Å². The van der Waals surface area contributed by atoms with Crippen molar-refractivity contribution in [3.05, 3.63) is 63.6 Å². The molecule has 34 heavy (non-hydrogen) atoms. The lowest BCUT2D eigenvalue weighted by Crippen LogP contribution is -2.51. The van der Waals surface area contributed by atoms with Crippen LogP contribution in [0.15, 0.2) is 47.4 Å². The number of amides is 3. The quantitative estimate of drug-likeness (QED) is 0.569. The van der Waals surface area contributed by atoms with Gasteiger partial charge in [-0.3, -0.25) is 14.4 Å². The number of nitrogens with zero attached hydrogens (tertiary/aromatic N) is 2. The maximum Gasteiger partial charge on any atom is 0.269 e. The minimum Gasteiger partial charge on any atom is -0.354 e. The number of nitrogens with one attached hydrogen (secondary N) is 1. The van der Waals surface area contributed by atoms with Crippen LogP contribution in [0, 0.1) is 5.92 Å². The van der Waals surface area contributed by atoms with Crippen LogP contribution in [-0.4, -0.2) is 54.5 Å². The maximum absolute atomic E-state index is 13.4. The molecule has 0 aromatic heterocycles. The van der Waals surface area contributed by atoms with Crippen molar-refractivity contribution in [1.29, 1.82) is 0 Å². The number of carbonyl (C=O) groups excluding carboxylic acids is 3. The molecule has 0 fully saturated rings. The Bertz CT molecular complexity index is 1230. The highest BCUT2D eigenvalue weighted by Crippen LogP contribution is 2.30. The number of fused-ring (bicyclic) bond motifs is 1. The average Bonchev–Trinajstić information content (AvgIpc) is 2.98. The zero-order chi connectivity index (χ0) is 25.2. The van der Waals surface area contributed by atoms with Crippen LogP contribution < -0.4 is 5.32 Å². The third kappa shape index (κ3) is 5.37. The maximum atomic E-state index is 13.4. The van der Waals surface area contributed by atoms with E-state index in [1.54, 1.807) is 31.2 Å². The van der Waals surface area contributed by atoms with Crippen LogP contribution in [0.25, 0.3) is 0 Å². The van der Waals surface area contributed by atoms with E-state index in [4.69, 9.17) is 23.2 Å². The smallest absolute Gasteiger partial charge is 0.269 e. The van der Waals surface area contributed by atoms with Gasteiger partial charge in [0, 0.05) is 13.1 Å². The number of halogens is 2. The molecule has 0 saturated carbocycles. The van der Waals surface area contributed by atoms with Crippen molar-refractivity contribution in [1.82, 2.24) is 14.5 Å². The van der Waals surface area contributed by atoms with E-state index in [2.05, 4.69) is 5.32 Å². The van der Waals surface area contributed by atoms with Crippen molar-refractivity contribution in [3.63, 3.8) is 0 Å². The summed E-state index contributed by atoms with van der Waals surface area (Å²) in [5, 5.41) is 3.38. The van der Waals surface area contributed by atoms with E-state index in [0.717, 1.165) is 0 Å². The van der Waals surface area contributed by atoms with Crippen LogP contribution >= 0.6 is 23.2 Å². The van der Waals surface area contributed by atoms with E-state index in [9.17, 15) is 22.8 Å². The first-order chi connectivity index (χ1) is 15.9. The summed E-state index contributed by atoms with van der Waals surface area (Å²) in [5.74, 6) is -1.69. The van der Waals surface area contributed by atoms with Gasteiger partial charge in [-0.15, -0.1) is 0 Å². The van der Waals surface area contributed by atoms with E-state index in [-0.39, 0.29) is 27.9 Å². The topological polar surface area (TPSA) is 104 Å². The van der Waals surface area contributed by atoms with Crippen molar-refractivity contribution in [2.45, 2.75) is 38.3 Å². The molecule has 0 radical (unpaired) electrons. The summed E-state index contributed by atoms with van der Waals surface area (Å²) in [5.41, 5.74) is 0.596. The molecule has 0 saturated heterocycles. The predicted octanol–water partition coefficient (Wildman–Crippen LogP) is 3.33. The molecule has 11 heteroatoms. The molecule has 0 bridgehead atoms. The summed E-state index contributed by atoms with van der Waals surface area (Å²) in [6, 6.07) is 9.62. The molecule has 2 aromatic rings. The fourth-order valence-electron chi connectivity index (χ4n) is 3.47. The Balaban J connectivity index is 1.89. The summed E-state index contributed by atoms with van der Waals surface area (Å²) in [7, 11) is -4.18. The Kier molecular flexibility index (Phi) is 7.90. The van der Waals surface area contributed by atoms with Gasteiger partial charge >= 0.3 is 0 Å². The number of benzene rings is 2. The third-order valence-electron chi connectivity index (χ3n) is 5.38. The summed E-state index contributed by atoms with van der Waals surface area (Å²) in [6.07, 6.45) is 0. The Morgan fingerprint density at radius 2 is 1.74 bits per heavy atom. The fourth-order valence-corrected chi connectivity index (χ4v) is 5.31. The standard InChI is InChI=1S/C23H25Cl2N3O5S/c1-14(2)11-26-22(30)15(3)27(12-16-8-9-18(24)19(25)10-16)21(29)13-28-23(31)17-6-4-5-7-20(17)34(28,32)33/h4-10,14-15H,11-13H2,1-3H3,(H,26,30). The molecule has 3 amide bonds. The van der Waals surface area contributed by atoms with Crippen LogP contribution in [0.2, 0.25) is 10.0 Å². The van der Waals surface area contributed by atoms with Crippen molar-refractivity contribution < 1.29 is 22.8 Å². The van der Waals surface area contributed by atoms with Gasteiger partial charge in [0.25, 0.3) is 15.9 Å². The highest BCUT2D eigenvalue weighted by Gasteiger charge is 2.43. The second-order valence-corrected chi connectivity index (χ2v) is 11.0. The van der Waals surface area contributed by atoms with Crippen LogP contribution in [0.1, 0.15) is 36.7 Å². The van der Waals surface area contributed by atoms with Crippen LogP contribution in [0.5, 0.6) is 0 Å². The highest BCUT2D eigenvalue weighted by molar-refractivity contribution is 7.90. The molecule has 2 aromatic carbocycles. The fraction of sp³-hybridized carbons (Fsp3) is 0.348. The molecule has 1 atom stereocenters. The predicted molar refractivity (Wildman–Crippen MR) is 129 cm³/mol. The molecule has 1 N–H and O–H groups in total. The monoisotopic (exact) mass is 525 g/mol. The van der Waals surface area contributed by atoms with E-state index in [0.29, 0.717) is 21.4 Å². The molecular formula is C23H25Cl2N3O5S. The van der Waals surface area contributed by atoms with Gasteiger partial charge in [0.15, 0.2) is 0 Å². The summed E-state index contributed by atoms with van der Waals surface area (Å²) in [4.78, 5) is 39.9. The lowest BCUT2D eigenvalue weighted by molar-refractivity contribution is -0.140. The van der Waals surface area contributed by atoms with Gasteiger partial charge in [-0.1, -0.05) is 55.2 Å². The Hall–Kier alpha value is -2.62. The molecule has 1 heterocycles. The second kappa shape index (κ2) is 10.3. The summed E-state index contributed by atoms with van der Waals surface area (Å²) in [6.45, 7) is 5.04. The third-order valence-corrected chi connectivity index (χ3v) is 7.91. The zero-order valence-corrected chi connectivity index (χ0v) is 21.2. The van der Waals surface area contributed by atoms with E-state index >= 15 is 0 Å². The first kappa shape index (κ1) is 26.0. The molecule has 1 aliphatic rings. The van der Waals surface area contributed by atoms with Gasteiger partial charge < -0.3 is 10.2 Å². The highest BCUT2D eigenvalue weighted by atomic mass is 35.5. The molecule has 1 unspecified atom stereocenters. The van der Waals surface area contributed by atoms with Gasteiger partial charge in [-0.05, 0) is 42.7 Å². The molecule has 1 aliphatic heterocycles. The first-order valence-corrected chi connectivity index (χ1v) is 12.8. The molecule has 0 spiro atoms. The van der Waals surface area contributed by atoms with Crippen molar-refractivity contribution in [3.8, 4) is 0 Å². The van der Waals surface area contributed by atoms with Gasteiger partial charge in [-0.2, -0.15) is 0 Å². The van der Waals surface area contributed by atoms with Crippen LogP contribution in [0.4, 0.5) is 0 Å². The molecule has 3 rings (SSSR count). The normalized spacial score (nSPS) is 15.2. The molecule has 182 valence electrons. The number of sulfonamides is 1. The largest absolute Gasteiger partial charge is 0.354 e. The summed E-state index contributed by atoms with van der Waals surface area (Å²) >= 11 is 12.1. The zero-order valence-electron chi connectivity index (χ0n) is 18.9. The second-order valence-electron chi connectivity index (χ2n) is 8.40. The van der Waals surface area contributed by atoms with Crippen molar-refractivity contribution in [2.75, 3.05) is 13.1 Å². The lowest BCUT2D eigenvalue weighted by Gasteiger charge is -2.30. The van der Waals surface area contributed by atoms with Crippen LogP contribution in [-0.2, 0) is 26.2 Å². The Morgan fingerprint density at radius 1 is 1.06 bits per heavy atom. The van der Waals surface area contributed by atoms with E-state index in [1.165, 1.54) is 23.1 Å². The van der Waals surface area contributed by atoms with E-state index in [1.807, 2.05) is 13.8 Å². The number of rotatable bonds is 8. The van der Waals surface area contributed by atoms with E-state index < -0.39 is 40.3 Å². The number of carbonyl (C=O) groups is 3. The lowest BCUT2D eigenvalue weighted by atomic mass is 10.1. The minimum absolute atomic E-state index is 0.00839. The van der Waals surface area contributed by atoms with Gasteiger partial charge in [-0.25, -0.2) is 12.7 Å². The van der Waals surface area contributed by atoms with Gasteiger partial charge in [0.05, 0.1) is 15.6 Å². The average molecular weight is 526 g/mol. The Labute approximate surface area is 208 Å². The minimum atomic E-state index is -4.18. The Morgan fingerprint density at radius 3 is 2.35 bits per heavy atom. The van der Waals surface area contributed by atoms with Crippen molar-refractivity contribution >= 4 is 50.9 Å². The number of hydrogen-bond acceptors (Lipinski definition) is 5. The number of hydrogen-bond donors (Lipinski definition) is 1.